The van der Waals surface area contributed by atoms with Crippen LogP contribution in [-0.4, -0.2) is 29.9 Å². The third-order valence-corrected chi connectivity index (χ3v) is 6.49. The second-order valence-corrected chi connectivity index (χ2v) is 9.20. The summed E-state index contributed by atoms with van der Waals surface area (Å²) in [6.07, 6.45) is 9.00. The molecule has 0 aliphatic heterocycles. The van der Waals surface area contributed by atoms with E-state index in [0.717, 1.165) is 33.8 Å². The minimum atomic E-state index is 0.399. The Morgan fingerprint density at radius 3 is 0.814 bits per heavy atom. The van der Waals surface area contributed by atoms with E-state index in [9.17, 15) is 0 Å². The van der Waals surface area contributed by atoms with Crippen molar-refractivity contribution in [3.8, 4) is 52.4 Å². The van der Waals surface area contributed by atoms with E-state index in [0.29, 0.717) is 34.2 Å². The van der Waals surface area contributed by atoms with E-state index in [-0.39, 0.29) is 0 Å². The number of nitriles is 3. The zero-order valence-corrected chi connectivity index (χ0v) is 22.4. The van der Waals surface area contributed by atoms with E-state index in [1.807, 2.05) is 91.0 Å². The Bertz CT molecular complexity index is 1760. The van der Waals surface area contributed by atoms with E-state index in [1.54, 1.807) is 0 Å². The van der Waals surface area contributed by atoms with Crippen LogP contribution in [0.1, 0.15) is 16.7 Å². The van der Waals surface area contributed by atoms with Crippen molar-refractivity contribution in [3.63, 3.8) is 0 Å². The molecule has 0 atom stereocenters. The molecule has 0 bridgehead atoms. The van der Waals surface area contributed by atoms with Gasteiger partial charge in [0.05, 0.1) is 16.7 Å². The minimum absolute atomic E-state index is 0.399. The van der Waals surface area contributed by atoms with Crippen molar-refractivity contribution in [2.24, 2.45) is 0 Å². The molecule has 0 N–H and O–H groups in total. The van der Waals surface area contributed by atoms with Crippen molar-refractivity contribution in [3.05, 3.63) is 127 Å². The van der Waals surface area contributed by atoms with E-state index in [1.165, 1.54) is 37.2 Å². The summed E-state index contributed by atoms with van der Waals surface area (Å²) in [5.74, 6) is 1.57. The standard InChI is InChI=1S/C33H18N10/c34-13-22-16-37-31(38-17-22)25-1-7-28(8-2-25)43(29-9-3-26(4-10-29)32-39-18-23(14-35)19-40-32)30-11-5-27(6-12-30)33-41-20-24(15-36)21-42-33/h1-12,16-21H. The number of hydrogen-bond donors (Lipinski definition) is 0. The maximum absolute atomic E-state index is 9.05. The Morgan fingerprint density at radius 2 is 0.605 bits per heavy atom. The van der Waals surface area contributed by atoms with Crippen LogP contribution in [0.5, 0.6) is 0 Å². The molecule has 3 aromatic heterocycles. The molecule has 0 aliphatic carbocycles. The number of rotatable bonds is 6. The molecule has 6 aromatic rings. The Morgan fingerprint density at radius 1 is 0.372 bits per heavy atom. The molecule has 0 aliphatic rings. The molecule has 0 spiro atoms. The normalized spacial score (nSPS) is 10.3. The lowest BCUT2D eigenvalue weighted by molar-refractivity contribution is 1.16. The van der Waals surface area contributed by atoms with Crippen LogP contribution in [0, 0.1) is 34.0 Å². The number of hydrogen-bond acceptors (Lipinski definition) is 10. The van der Waals surface area contributed by atoms with Crippen LogP contribution in [0.3, 0.4) is 0 Å². The largest absolute Gasteiger partial charge is 0.311 e. The molecule has 0 fully saturated rings. The summed E-state index contributed by atoms with van der Waals surface area (Å²) in [4.78, 5) is 27.9. The monoisotopic (exact) mass is 554 g/mol. The van der Waals surface area contributed by atoms with Gasteiger partial charge in [-0.15, -0.1) is 0 Å². The first-order chi connectivity index (χ1) is 21.1. The first-order valence-corrected chi connectivity index (χ1v) is 12.9. The maximum Gasteiger partial charge on any atom is 0.159 e. The predicted molar refractivity (Wildman–Crippen MR) is 158 cm³/mol. The molecule has 6 rings (SSSR count). The van der Waals surface area contributed by atoms with Gasteiger partial charge >= 0.3 is 0 Å². The van der Waals surface area contributed by atoms with E-state index in [4.69, 9.17) is 15.8 Å². The van der Waals surface area contributed by atoms with Crippen molar-refractivity contribution >= 4 is 17.1 Å². The summed E-state index contributed by atoms with van der Waals surface area (Å²) < 4.78 is 0. The molecule has 0 saturated carbocycles. The lowest BCUT2D eigenvalue weighted by atomic mass is 10.1. The van der Waals surface area contributed by atoms with Crippen LogP contribution in [0.15, 0.2) is 110 Å². The van der Waals surface area contributed by atoms with Gasteiger partial charge in [-0.1, -0.05) is 0 Å². The van der Waals surface area contributed by atoms with Gasteiger partial charge in [0.1, 0.15) is 18.2 Å². The molecule has 43 heavy (non-hydrogen) atoms. The third kappa shape index (κ3) is 5.59. The summed E-state index contributed by atoms with van der Waals surface area (Å²) in [6, 6.07) is 29.6. The van der Waals surface area contributed by atoms with Crippen molar-refractivity contribution in [1.29, 1.82) is 15.8 Å². The van der Waals surface area contributed by atoms with Crippen LogP contribution in [0.4, 0.5) is 17.1 Å². The quantitative estimate of drug-likeness (QED) is 0.234. The summed E-state index contributed by atoms with van der Waals surface area (Å²) in [5.41, 5.74) is 6.31. The maximum atomic E-state index is 9.05. The van der Waals surface area contributed by atoms with Gasteiger partial charge in [-0.2, -0.15) is 15.8 Å². The van der Waals surface area contributed by atoms with E-state index >= 15 is 0 Å². The molecule has 0 unspecified atom stereocenters. The van der Waals surface area contributed by atoms with Gasteiger partial charge in [-0.05, 0) is 72.8 Å². The Balaban J connectivity index is 1.36. The molecular formula is C33H18N10. The van der Waals surface area contributed by atoms with Crippen molar-refractivity contribution in [1.82, 2.24) is 29.9 Å². The van der Waals surface area contributed by atoms with Crippen molar-refractivity contribution in [2.75, 3.05) is 4.90 Å². The minimum Gasteiger partial charge on any atom is -0.311 e. The zero-order valence-electron chi connectivity index (χ0n) is 22.4. The van der Waals surface area contributed by atoms with Crippen molar-refractivity contribution in [2.45, 2.75) is 0 Å². The average molecular weight is 555 g/mol. The second-order valence-electron chi connectivity index (χ2n) is 9.20. The van der Waals surface area contributed by atoms with E-state index < -0.39 is 0 Å². The van der Waals surface area contributed by atoms with Crippen molar-refractivity contribution < 1.29 is 0 Å². The molecule has 0 saturated heterocycles. The average Bonchev–Trinajstić information content (AvgIpc) is 3.09. The molecule has 3 aromatic carbocycles. The Labute approximate surface area is 246 Å². The topological polar surface area (TPSA) is 152 Å². The lowest BCUT2D eigenvalue weighted by Crippen LogP contribution is -2.10. The highest BCUT2D eigenvalue weighted by molar-refractivity contribution is 5.79. The van der Waals surface area contributed by atoms with Gasteiger partial charge in [-0.3, -0.25) is 0 Å². The van der Waals surface area contributed by atoms with Gasteiger partial charge in [0, 0.05) is 70.9 Å². The van der Waals surface area contributed by atoms with Gasteiger partial charge < -0.3 is 4.90 Å². The third-order valence-electron chi connectivity index (χ3n) is 6.49. The number of anilines is 3. The number of nitrogens with zero attached hydrogens (tertiary/aromatic N) is 10. The highest BCUT2D eigenvalue weighted by Crippen LogP contribution is 2.36. The summed E-state index contributed by atoms with van der Waals surface area (Å²) in [6.45, 7) is 0. The highest BCUT2D eigenvalue weighted by Gasteiger charge is 2.15. The molecular weight excluding hydrogens is 536 g/mol. The molecule has 0 radical (unpaired) electrons. The molecule has 200 valence electrons. The van der Waals surface area contributed by atoms with Gasteiger partial charge in [0.2, 0.25) is 0 Å². The first-order valence-electron chi connectivity index (χ1n) is 12.9. The number of aromatic nitrogens is 6. The fraction of sp³-hybridized carbons (Fsp3) is 0. The highest BCUT2D eigenvalue weighted by atomic mass is 15.1. The fourth-order valence-electron chi connectivity index (χ4n) is 4.33. The summed E-state index contributed by atoms with van der Waals surface area (Å²) in [5, 5.41) is 27.1. The number of benzene rings is 3. The lowest BCUT2D eigenvalue weighted by Gasteiger charge is -2.26. The van der Waals surface area contributed by atoms with Crippen LogP contribution < -0.4 is 4.90 Å². The predicted octanol–water partition coefficient (Wildman–Crippen LogP) is 6.14. The zero-order chi connectivity index (χ0) is 29.6. The van der Waals surface area contributed by atoms with Crippen LogP contribution in [0.2, 0.25) is 0 Å². The molecule has 3 heterocycles. The molecule has 10 nitrogen and oxygen atoms in total. The van der Waals surface area contributed by atoms with Gasteiger partial charge in [-0.25, -0.2) is 29.9 Å². The van der Waals surface area contributed by atoms with E-state index in [2.05, 4.69) is 34.8 Å². The fourth-order valence-corrected chi connectivity index (χ4v) is 4.33. The first kappa shape index (κ1) is 26.4. The van der Waals surface area contributed by atoms with Gasteiger partial charge in [0.25, 0.3) is 0 Å². The second kappa shape index (κ2) is 11.7. The summed E-state index contributed by atoms with van der Waals surface area (Å²) >= 11 is 0. The van der Waals surface area contributed by atoms with Gasteiger partial charge in [0.15, 0.2) is 17.5 Å². The van der Waals surface area contributed by atoms with Crippen LogP contribution >= 0.6 is 0 Å². The van der Waals surface area contributed by atoms with Crippen LogP contribution in [0.25, 0.3) is 34.2 Å². The summed E-state index contributed by atoms with van der Waals surface area (Å²) in [7, 11) is 0. The Kier molecular flexibility index (Phi) is 7.20. The smallest absolute Gasteiger partial charge is 0.159 e. The molecule has 0 amide bonds. The SMILES string of the molecule is N#Cc1cnc(-c2ccc(N(c3ccc(-c4ncc(C#N)cn4)cc3)c3ccc(-c4ncc(C#N)cn4)cc3)cc2)nc1. The van der Waals surface area contributed by atoms with Crippen LogP contribution in [-0.2, 0) is 0 Å². The molecule has 10 heteroatoms. The Hall–Kier alpha value is -6.83.